The molecule has 3 N–H and O–H groups in total. The Bertz CT molecular complexity index is 753. The van der Waals surface area contributed by atoms with Crippen LogP contribution in [-0.2, 0) is 16.6 Å². The predicted molar refractivity (Wildman–Crippen MR) is 71.6 cm³/mol. The van der Waals surface area contributed by atoms with E-state index in [1.54, 1.807) is 6.07 Å². The molecule has 20 heavy (non-hydrogen) atoms. The number of nitriles is 1. The average molecular weight is 289 g/mol. The van der Waals surface area contributed by atoms with Gasteiger partial charge >= 0.3 is 0 Å². The Kier molecular flexibility index (Phi) is 3.93. The third-order valence-electron chi connectivity index (χ3n) is 2.50. The first-order chi connectivity index (χ1) is 9.53. The Hall–Kier alpha value is -2.50. The maximum atomic E-state index is 12.2. The summed E-state index contributed by atoms with van der Waals surface area (Å²) in [5, 5.41) is 8.97. The van der Waals surface area contributed by atoms with E-state index in [4.69, 9.17) is 11.0 Å². The second-order valence-electron chi connectivity index (χ2n) is 3.89. The number of nitrogens with zero attached hydrogens (tertiary/aromatic N) is 3. The molecule has 0 amide bonds. The molecular weight excluding hydrogens is 278 g/mol. The lowest BCUT2D eigenvalue weighted by Gasteiger charge is -2.08. The van der Waals surface area contributed by atoms with E-state index < -0.39 is 10.0 Å². The van der Waals surface area contributed by atoms with Gasteiger partial charge in [-0.05, 0) is 24.3 Å². The summed E-state index contributed by atoms with van der Waals surface area (Å²) >= 11 is 0. The average Bonchev–Trinajstić information content (AvgIpc) is 2.46. The minimum atomic E-state index is -3.81. The molecule has 0 fully saturated rings. The summed E-state index contributed by atoms with van der Waals surface area (Å²) in [6.07, 6.45) is 2.84. The number of nitrogens with two attached hydrogens (primary N) is 1. The number of hydrogen-bond donors (Lipinski definition) is 2. The third kappa shape index (κ3) is 3.09. The molecule has 7 nitrogen and oxygen atoms in total. The normalized spacial score (nSPS) is 10.9. The van der Waals surface area contributed by atoms with Crippen LogP contribution in [0.1, 0.15) is 11.3 Å². The van der Waals surface area contributed by atoms with Crippen molar-refractivity contribution in [3.8, 4) is 6.07 Å². The zero-order chi connectivity index (χ0) is 14.6. The zero-order valence-electron chi connectivity index (χ0n) is 10.3. The highest BCUT2D eigenvalue weighted by Crippen LogP contribution is 2.18. The van der Waals surface area contributed by atoms with Crippen LogP contribution in [0.25, 0.3) is 0 Å². The van der Waals surface area contributed by atoms with Crippen molar-refractivity contribution in [2.45, 2.75) is 11.4 Å². The van der Waals surface area contributed by atoms with E-state index in [0.29, 0.717) is 11.4 Å². The number of sulfonamides is 1. The van der Waals surface area contributed by atoms with Gasteiger partial charge in [0.05, 0.1) is 22.7 Å². The van der Waals surface area contributed by atoms with E-state index in [-0.39, 0.29) is 17.0 Å². The van der Waals surface area contributed by atoms with Gasteiger partial charge in [-0.15, -0.1) is 0 Å². The summed E-state index contributed by atoms with van der Waals surface area (Å²) in [5.74, 6) is 0. The smallest absolute Gasteiger partial charge is 0.242 e. The summed E-state index contributed by atoms with van der Waals surface area (Å²) in [5.41, 5.74) is 6.38. The minimum Gasteiger partial charge on any atom is -0.399 e. The van der Waals surface area contributed by atoms with E-state index in [9.17, 15) is 8.42 Å². The standard InChI is InChI=1S/C12H11N5O2S/c13-6-9-5-10(14)1-2-12(9)20(18,19)17-7-11-3-4-15-8-16-11/h1-5,8,17H,7,14H2. The molecule has 0 unspecified atom stereocenters. The van der Waals surface area contributed by atoms with Crippen LogP contribution in [0.4, 0.5) is 5.69 Å². The van der Waals surface area contributed by atoms with Gasteiger partial charge in [0.1, 0.15) is 12.4 Å². The molecule has 1 heterocycles. The van der Waals surface area contributed by atoms with Crippen molar-refractivity contribution in [3.05, 3.63) is 48.0 Å². The number of nitrogens with one attached hydrogen (secondary N) is 1. The second-order valence-corrected chi connectivity index (χ2v) is 5.63. The van der Waals surface area contributed by atoms with Gasteiger partial charge in [-0.2, -0.15) is 5.26 Å². The van der Waals surface area contributed by atoms with E-state index in [0.717, 1.165) is 0 Å². The van der Waals surface area contributed by atoms with E-state index in [1.807, 2.05) is 6.07 Å². The van der Waals surface area contributed by atoms with E-state index >= 15 is 0 Å². The molecular formula is C12H11N5O2S. The second kappa shape index (κ2) is 5.64. The summed E-state index contributed by atoms with van der Waals surface area (Å²) in [6, 6.07) is 7.46. The van der Waals surface area contributed by atoms with E-state index in [1.165, 1.54) is 30.7 Å². The fourth-order valence-corrected chi connectivity index (χ4v) is 2.67. The minimum absolute atomic E-state index is 0.000174. The maximum absolute atomic E-state index is 12.2. The molecule has 2 aromatic rings. The highest BCUT2D eigenvalue weighted by molar-refractivity contribution is 7.89. The fraction of sp³-hybridized carbons (Fsp3) is 0.0833. The lowest BCUT2D eigenvalue weighted by atomic mass is 10.2. The van der Waals surface area contributed by atoms with Crippen molar-refractivity contribution in [2.24, 2.45) is 0 Å². The van der Waals surface area contributed by atoms with Gasteiger partial charge in [-0.3, -0.25) is 0 Å². The van der Waals surface area contributed by atoms with Crippen molar-refractivity contribution in [1.29, 1.82) is 5.26 Å². The Morgan fingerprint density at radius 2 is 2.15 bits per heavy atom. The lowest BCUT2D eigenvalue weighted by Crippen LogP contribution is -2.24. The molecule has 1 aromatic heterocycles. The first-order valence-electron chi connectivity index (χ1n) is 5.57. The monoisotopic (exact) mass is 289 g/mol. The molecule has 0 bridgehead atoms. The summed E-state index contributed by atoms with van der Waals surface area (Å²) in [6.45, 7) is 0.0140. The van der Waals surface area contributed by atoms with Crippen molar-refractivity contribution in [1.82, 2.24) is 14.7 Å². The summed E-state index contributed by atoms with van der Waals surface area (Å²) in [4.78, 5) is 7.54. The third-order valence-corrected chi connectivity index (χ3v) is 3.96. The molecule has 0 saturated carbocycles. The number of anilines is 1. The first-order valence-corrected chi connectivity index (χ1v) is 7.05. The van der Waals surface area contributed by atoms with Crippen molar-refractivity contribution in [2.75, 3.05) is 5.73 Å². The fourth-order valence-electron chi connectivity index (χ4n) is 1.54. The number of benzene rings is 1. The van der Waals surface area contributed by atoms with Crippen LogP contribution in [-0.4, -0.2) is 18.4 Å². The van der Waals surface area contributed by atoms with Crippen molar-refractivity contribution < 1.29 is 8.42 Å². The Morgan fingerprint density at radius 1 is 1.35 bits per heavy atom. The molecule has 102 valence electrons. The molecule has 0 aliphatic heterocycles. The molecule has 0 aliphatic carbocycles. The van der Waals surface area contributed by atoms with E-state index in [2.05, 4.69) is 14.7 Å². The first kappa shape index (κ1) is 13.9. The zero-order valence-corrected chi connectivity index (χ0v) is 11.1. The lowest BCUT2D eigenvalue weighted by molar-refractivity contribution is 0.580. The predicted octanol–water partition coefficient (Wildman–Crippen LogP) is 0.409. The van der Waals surface area contributed by atoms with Gasteiger partial charge in [0, 0.05) is 11.9 Å². The molecule has 0 radical (unpaired) electrons. The Labute approximate surface area is 116 Å². The van der Waals surface area contributed by atoms with Crippen LogP contribution < -0.4 is 10.5 Å². The summed E-state index contributed by atoms with van der Waals surface area (Å²) in [7, 11) is -3.81. The van der Waals surface area contributed by atoms with Crippen LogP contribution in [0.3, 0.4) is 0 Å². The molecule has 0 saturated heterocycles. The van der Waals surface area contributed by atoms with Gasteiger partial charge in [0.15, 0.2) is 0 Å². The molecule has 0 spiro atoms. The molecule has 2 rings (SSSR count). The highest BCUT2D eigenvalue weighted by Gasteiger charge is 2.18. The molecule has 8 heteroatoms. The number of rotatable bonds is 4. The van der Waals surface area contributed by atoms with Gasteiger partial charge in [-0.1, -0.05) is 0 Å². The topological polar surface area (TPSA) is 122 Å². The number of hydrogen-bond acceptors (Lipinski definition) is 6. The maximum Gasteiger partial charge on any atom is 0.242 e. The number of aromatic nitrogens is 2. The Morgan fingerprint density at radius 3 is 2.80 bits per heavy atom. The van der Waals surface area contributed by atoms with Crippen LogP contribution in [0, 0.1) is 11.3 Å². The largest absolute Gasteiger partial charge is 0.399 e. The Balaban J connectivity index is 2.25. The van der Waals surface area contributed by atoms with Gasteiger partial charge in [0.2, 0.25) is 10.0 Å². The highest BCUT2D eigenvalue weighted by atomic mass is 32.2. The van der Waals surface area contributed by atoms with Crippen LogP contribution in [0.5, 0.6) is 0 Å². The molecule has 1 aromatic carbocycles. The van der Waals surface area contributed by atoms with Crippen molar-refractivity contribution >= 4 is 15.7 Å². The van der Waals surface area contributed by atoms with Crippen LogP contribution >= 0.6 is 0 Å². The summed E-state index contributed by atoms with van der Waals surface area (Å²) < 4.78 is 26.7. The molecule has 0 aliphatic rings. The number of nitrogen functional groups attached to an aromatic ring is 1. The van der Waals surface area contributed by atoms with Gasteiger partial charge in [-0.25, -0.2) is 23.1 Å². The van der Waals surface area contributed by atoms with Crippen LogP contribution in [0.2, 0.25) is 0 Å². The van der Waals surface area contributed by atoms with Crippen molar-refractivity contribution in [3.63, 3.8) is 0 Å². The van der Waals surface area contributed by atoms with Crippen LogP contribution in [0.15, 0.2) is 41.7 Å². The molecule has 0 atom stereocenters. The van der Waals surface area contributed by atoms with Gasteiger partial charge in [0.25, 0.3) is 0 Å². The van der Waals surface area contributed by atoms with Gasteiger partial charge < -0.3 is 5.73 Å². The SMILES string of the molecule is N#Cc1cc(N)ccc1S(=O)(=O)NCc1ccncn1. The quantitative estimate of drug-likeness (QED) is 0.786.